The van der Waals surface area contributed by atoms with Crippen LogP contribution in [-0.4, -0.2) is 119 Å². The van der Waals surface area contributed by atoms with Gasteiger partial charge in [0, 0.05) is 6.92 Å². The summed E-state index contributed by atoms with van der Waals surface area (Å²) in [5.41, 5.74) is 0. The fourth-order valence-corrected chi connectivity index (χ4v) is 4.21. The van der Waals surface area contributed by atoms with E-state index in [0.717, 1.165) is 6.92 Å². The first-order valence-corrected chi connectivity index (χ1v) is 11.9. The second kappa shape index (κ2) is 10.8. The van der Waals surface area contributed by atoms with Crippen LogP contribution in [0.1, 0.15) is 6.92 Å². The zero-order chi connectivity index (χ0) is 26.9. The predicted octanol–water partition coefficient (Wildman–Crippen LogP) is -4.47. The molecular weight excluding hydrogens is 534 g/mol. The van der Waals surface area contributed by atoms with Gasteiger partial charge in [0.25, 0.3) is 0 Å². The Morgan fingerprint density at radius 3 is 2.03 bits per heavy atom. The Bertz CT molecular complexity index is 1060. The van der Waals surface area contributed by atoms with Gasteiger partial charge in [-0.25, -0.2) is 13.2 Å². The fraction of sp³-hybridized carbons (Fsp3) is 0.714. The Labute approximate surface area is 196 Å². The van der Waals surface area contributed by atoms with Gasteiger partial charge in [-0.2, -0.15) is 16.8 Å². The maximum atomic E-state index is 11.6. The summed E-state index contributed by atoms with van der Waals surface area (Å²) in [6.07, 6.45) is -15.6. The van der Waals surface area contributed by atoms with Crippen LogP contribution in [0.5, 0.6) is 0 Å². The van der Waals surface area contributed by atoms with Crippen molar-refractivity contribution in [2.45, 2.75) is 56.1 Å². The smallest absolute Gasteiger partial charge is 0.397 e. The minimum absolute atomic E-state index is 0.890. The monoisotopic (exact) mass is 555 g/mol. The molecule has 21 heteroatoms. The number of amides is 1. The Kier molecular flexibility index (Phi) is 8.99. The van der Waals surface area contributed by atoms with E-state index in [2.05, 4.69) is 13.7 Å². The summed E-state index contributed by atoms with van der Waals surface area (Å²) in [5, 5.41) is 50.9. The number of aliphatic carboxylic acids is 1. The lowest BCUT2D eigenvalue weighted by Crippen LogP contribution is -2.67. The quantitative estimate of drug-likeness (QED) is 0.124. The lowest BCUT2D eigenvalue weighted by molar-refractivity contribution is -0.298. The first-order valence-electron chi connectivity index (χ1n) is 9.14. The van der Waals surface area contributed by atoms with Crippen LogP contribution in [0, 0.1) is 0 Å². The van der Waals surface area contributed by atoms with E-state index in [0.29, 0.717) is 0 Å². The van der Waals surface area contributed by atoms with Gasteiger partial charge in [0.2, 0.25) is 18.0 Å². The van der Waals surface area contributed by atoms with E-state index in [4.69, 9.17) is 28.4 Å². The van der Waals surface area contributed by atoms with Gasteiger partial charge in [-0.3, -0.25) is 13.9 Å². The van der Waals surface area contributed by atoms with Crippen molar-refractivity contribution in [1.82, 2.24) is 5.32 Å². The summed E-state index contributed by atoms with van der Waals surface area (Å²) in [6.45, 7) is -0.168. The number of hydrogen-bond acceptors (Lipinski definition) is 15. The third kappa shape index (κ3) is 7.40. The van der Waals surface area contributed by atoms with Crippen LogP contribution >= 0.6 is 0 Å². The van der Waals surface area contributed by atoms with Crippen LogP contribution in [0.15, 0.2) is 11.5 Å². The average Bonchev–Trinajstić information content (AvgIpc) is 2.69. The first-order chi connectivity index (χ1) is 15.9. The van der Waals surface area contributed by atoms with Crippen LogP contribution < -0.4 is 5.32 Å². The van der Waals surface area contributed by atoms with Crippen LogP contribution in [-0.2, 0) is 53.0 Å². The highest BCUT2D eigenvalue weighted by molar-refractivity contribution is 7.81. The zero-order valence-corrected chi connectivity index (χ0v) is 18.9. The van der Waals surface area contributed by atoms with E-state index in [1.54, 1.807) is 0 Å². The number of hydrogen-bond donors (Lipinski definition) is 8. The third-order valence-electron chi connectivity index (χ3n) is 4.49. The number of nitrogens with one attached hydrogen (secondary N) is 1. The second-order valence-corrected chi connectivity index (χ2v) is 9.10. The maximum Gasteiger partial charge on any atom is 0.397 e. The van der Waals surface area contributed by atoms with Gasteiger partial charge in [0.1, 0.15) is 30.5 Å². The van der Waals surface area contributed by atoms with E-state index in [-0.39, 0.29) is 0 Å². The number of carboxylic acids is 1. The molecule has 0 saturated carbocycles. The molecule has 0 unspecified atom stereocenters. The van der Waals surface area contributed by atoms with E-state index in [1.165, 1.54) is 0 Å². The van der Waals surface area contributed by atoms with Crippen molar-refractivity contribution < 1.29 is 83.6 Å². The molecule has 0 aromatic heterocycles. The maximum absolute atomic E-state index is 11.6. The molecule has 19 nitrogen and oxygen atoms in total. The molecule has 0 aliphatic carbocycles. The summed E-state index contributed by atoms with van der Waals surface area (Å²) in [5.74, 6) is -5.76. The molecule has 0 aromatic rings. The molecule has 2 aliphatic heterocycles. The van der Waals surface area contributed by atoms with Crippen LogP contribution in [0.3, 0.4) is 0 Å². The molecule has 0 aromatic carbocycles. The van der Waals surface area contributed by atoms with E-state index >= 15 is 0 Å². The Morgan fingerprint density at radius 1 is 1.03 bits per heavy atom. The number of carboxylic acid groups (broad SMARTS) is 1. The lowest BCUT2D eigenvalue weighted by atomic mass is 9.96. The Hall–Kier alpha value is -2.18. The Balaban J connectivity index is 2.59. The van der Waals surface area contributed by atoms with Crippen LogP contribution in [0.4, 0.5) is 0 Å². The van der Waals surface area contributed by atoms with Gasteiger partial charge >= 0.3 is 26.8 Å². The minimum Gasteiger partial charge on any atom is -0.506 e. The third-order valence-corrected chi connectivity index (χ3v) is 5.42. The normalized spacial score (nSPS) is 34.2. The molecule has 2 heterocycles. The highest BCUT2D eigenvalue weighted by Crippen LogP contribution is 2.33. The van der Waals surface area contributed by atoms with Crippen molar-refractivity contribution in [2.75, 3.05) is 6.61 Å². The summed E-state index contributed by atoms with van der Waals surface area (Å²) < 4.78 is 86.9. The number of ether oxygens (including phenoxy) is 3. The molecule has 8 N–H and O–H groups in total. The SMILES string of the molecule is CC(=O)N[C@@H]1[C@@H](O[C@@H]2OC(C(=O)O)=C(O)[C@H](O)[C@H]2OS(=O)(=O)O)[C@@H](OS(=O)(=O)O)[C@@H](CO)O[C@H]1O. The van der Waals surface area contributed by atoms with E-state index < -0.39 is 99.9 Å². The van der Waals surface area contributed by atoms with Crippen molar-refractivity contribution in [1.29, 1.82) is 0 Å². The van der Waals surface area contributed by atoms with Gasteiger partial charge in [-0.1, -0.05) is 0 Å². The standard InChI is InChI=1S/C14H21NO18S2/c1-3(17)15-5-9(8(32-34(23,24)25)4(2-16)29-13(5)22)30-14-11(33-35(26,27)28)7(19)6(18)10(31-14)12(20)21/h4-5,7-9,11,13-14,16,18-19,22H,2H2,1H3,(H,15,17)(H,20,21)(H,23,24,25)(H,26,27,28)/t4-,5-,7+,8+,9-,11-,13-,14-/m1/s1. The number of carbonyl (C=O) groups excluding carboxylic acids is 1. The molecule has 2 rings (SSSR count). The molecule has 202 valence electrons. The number of aliphatic hydroxyl groups excluding tert-OH is 4. The summed E-state index contributed by atoms with van der Waals surface area (Å²) in [6, 6.07) is -1.83. The molecule has 8 atom stereocenters. The van der Waals surface area contributed by atoms with Crippen molar-refractivity contribution in [3.63, 3.8) is 0 Å². The van der Waals surface area contributed by atoms with Crippen molar-refractivity contribution in [3.05, 3.63) is 11.5 Å². The van der Waals surface area contributed by atoms with Crippen molar-refractivity contribution in [3.8, 4) is 0 Å². The largest absolute Gasteiger partial charge is 0.506 e. The highest BCUT2D eigenvalue weighted by atomic mass is 32.3. The van der Waals surface area contributed by atoms with Crippen LogP contribution in [0.25, 0.3) is 0 Å². The van der Waals surface area contributed by atoms with Gasteiger partial charge in [-0.05, 0) is 0 Å². The molecule has 1 fully saturated rings. The number of rotatable bonds is 9. The van der Waals surface area contributed by atoms with Crippen molar-refractivity contribution >= 4 is 32.7 Å². The molecule has 0 bridgehead atoms. The number of carbonyl (C=O) groups is 2. The topological polar surface area (TPSA) is 302 Å². The molecule has 2 aliphatic rings. The second-order valence-electron chi connectivity index (χ2n) is 7.00. The average molecular weight is 555 g/mol. The van der Waals surface area contributed by atoms with E-state index in [1.807, 2.05) is 0 Å². The molecule has 35 heavy (non-hydrogen) atoms. The molecule has 0 radical (unpaired) electrons. The molecular formula is C14H21NO18S2. The zero-order valence-electron chi connectivity index (χ0n) is 17.3. The lowest BCUT2D eigenvalue weighted by Gasteiger charge is -2.45. The highest BCUT2D eigenvalue weighted by Gasteiger charge is 2.53. The van der Waals surface area contributed by atoms with Crippen LogP contribution in [0.2, 0.25) is 0 Å². The molecule has 0 spiro atoms. The van der Waals surface area contributed by atoms with Gasteiger partial charge in [-0.15, -0.1) is 0 Å². The molecule has 1 saturated heterocycles. The predicted molar refractivity (Wildman–Crippen MR) is 101 cm³/mol. The Morgan fingerprint density at radius 2 is 1.57 bits per heavy atom. The van der Waals surface area contributed by atoms with Crippen molar-refractivity contribution in [2.24, 2.45) is 0 Å². The minimum atomic E-state index is -5.44. The van der Waals surface area contributed by atoms with Gasteiger partial charge < -0.3 is 45.1 Å². The first kappa shape index (κ1) is 29.1. The fourth-order valence-electron chi connectivity index (χ4n) is 3.21. The van der Waals surface area contributed by atoms with Gasteiger partial charge in [0.15, 0.2) is 18.2 Å². The van der Waals surface area contributed by atoms with Gasteiger partial charge in [0.05, 0.1) is 6.61 Å². The summed E-state index contributed by atoms with van der Waals surface area (Å²) in [4.78, 5) is 23.0. The summed E-state index contributed by atoms with van der Waals surface area (Å²) >= 11 is 0. The number of aliphatic hydroxyl groups is 4. The molecule has 1 amide bonds. The van der Waals surface area contributed by atoms with E-state index in [9.17, 15) is 46.9 Å². The summed E-state index contributed by atoms with van der Waals surface area (Å²) in [7, 11) is -10.8.